The van der Waals surface area contributed by atoms with Crippen LogP contribution in [0.1, 0.15) is 16.1 Å². The molecule has 0 aliphatic rings. The van der Waals surface area contributed by atoms with Gasteiger partial charge in [-0.15, -0.1) is 11.3 Å². The van der Waals surface area contributed by atoms with Crippen LogP contribution in [-0.2, 0) is 13.1 Å². The summed E-state index contributed by atoms with van der Waals surface area (Å²) in [6.45, 7) is 3.02. The van der Waals surface area contributed by atoms with Crippen LogP contribution in [0.5, 0.6) is 0 Å². The number of nitrogens with zero attached hydrogens (tertiary/aromatic N) is 2. The van der Waals surface area contributed by atoms with Crippen molar-refractivity contribution in [1.82, 2.24) is 9.97 Å². The van der Waals surface area contributed by atoms with Crippen LogP contribution in [0.4, 0.5) is 10.1 Å². The lowest BCUT2D eigenvalue weighted by Crippen LogP contribution is -2.23. The molecule has 0 amide bonds. The molecule has 4 aromatic rings. The minimum absolute atomic E-state index is 0.227. The largest absolute Gasteiger partial charge is 0.362 e. The van der Waals surface area contributed by atoms with Gasteiger partial charge in [-0.2, -0.15) is 0 Å². The molecule has 0 saturated heterocycles. The predicted molar refractivity (Wildman–Crippen MR) is 113 cm³/mol. The molecular weight excluding hydrogens is 397 g/mol. The van der Waals surface area contributed by atoms with E-state index in [1.54, 1.807) is 17.4 Å². The highest BCUT2D eigenvalue weighted by molar-refractivity contribution is 7.09. The number of rotatable bonds is 5. The summed E-state index contributed by atoms with van der Waals surface area (Å²) in [4.78, 5) is 22.3. The van der Waals surface area contributed by atoms with E-state index >= 15 is 0 Å². The number of fused-ring (bicyclic) bond motifs is 1. The molecule has 4 rings (SSSR count). The molecule has 0 radical (unpaired) electrons. The first-order valence-electron chi connectivity index (χ1n) is 8.71. The van der Waals surface area contributed by atoms with Crippen molar-refractivity contribution >= 4 is 39.5 Å². The molecule has 2 aromatic carbocycles. The molecule has 1 N–H and O–H groups in total. The number of hydrogen-bond acceptors (Lipinski definition) is 4. The Morgan fingerprint density at radius 2 is 2.00 bits per heavy atom. The molecule has 0 fully saturated rings. The van der Waals surface area contributed by atoms with Crippen molar-refractivity contribution < 1.29 is 4.39 Å². The van der Waals surface area contributed by atoms with Gasteiger partial charge in [-0.25, -0.2) is 9.37 Å². The van der Waals surface area contributed by atoms with Crippen LogP contribution in [0.15, 0.2) is 58.8 Å². The smallest absolute Gasteiger partial charge is 0.248 e. The maximum Gasteiger partial charge on any atom is 0.248 e. The van der Waals surface area contributed by atoms with Gasteiger partial charge >= 0.3 is 0 Å². The van der Waals surface area contributed by atoms with E-state index in [9.17, 15) is 9.18 Å². The first kappa shape index (κ1) is 18.7. The van der Waals surface area contributed by atoms with Gasteiger partial charge in [0.15, 0.2) is 0 Å². The third-order valence-electron chi connectivity index (χ3n) is 4.63. The average molecular weight is 414 g/mol. The molecule has 0 aliphatic carbocycles. The molecule has 0 atom stereocenters. The molecule has 142 valence electrons. The van der Waals surface area contributed by atoms with E-state index in [2.05, 4.69) is 14.9 Å². The molecular formula is C21H17ClFN3OS. The molecule has 2 heterocycles. The second-order valence-corrected chi connectivity index (χ2v) is 7.89. The quantitative estimate of drug-likeness (QED) is 0.483. The number of para-hydroxylation sites is 1. The minimum Gasteiger partial charge on any atom is -0.362 e. The number of aromatic nitrogens is 2. The van der Waals surface area contributed by atoms with Crippen molar-refractivity contribution in [1.29, 1.82) is 0 Å². The molecule has 2 aromatic heterocycles. The zero-order valence-electron chi connectivity index (χ0n) is 15.1. The fourth-order valence-electron chi connectivity index (χ4n) is 3.21. The first-order valence-corrected chi connectivity index (χ1v) is 9.97. The Balaban J connectivity index is 1.80. The van der Waals surface area contributed by atoms with Crippen molar-refractivity contribution in [2.24, 2.45) is 0 Å². The Hall–Kier alpha value is -2.70. The van der Waals surface area contributed by atoms with Crippen LogP contribution in [0.25, 0.3) is 10.9 Å². The summed E-state index contributed by atoms with van der Waals surface area (Å²) < 4.78 is 14.2. The van der Waals surface area contributed by atoms with Crippen LogP contribution in [0.3, 0.4) is 0 Å². The summed E-state index contributed by atoms with van der Waals surface area (Å²) in [6, 6.07) is 13.9. The molecule has 7 heteroatoms. The Bertz CT molecular complexity index is 1200. The van der Waals surface area contributed by atoms with Gasteiger partial charge in [0, 0.05) is 33.6 Å². The molecule has 28 heavy (non-hydrogen) atoms. The van der Waals surface area contributed by atoms with Crippen molar-refractivity contribution in [3.05, 3.63) is 91.4 Å². The second-order valence-electron chi connectivity index (χ2n) is 6.52. The topological polar surface area (TPSA) is 49.0 Å². The second kappa shape index (κ2) is 7.73. The lowest BCUT2D eigenvalue weighted by atomic mass is 10.1. The Morgan fingerprint density at radius 1 is 1.18 bits per heavy atom. The van der Waals surface area contributed by atoms with Gasteiger partial charge in [0.05, 0.1) is 23.3 Å². The average Bonchev–Trinajstić information content (AvgIpc) is 3.07. The number of hydrogen-bond donors (Lipinski definition) is 1. The van der Waals surface area contributed by atoms with E-state index in [-0.39, 0.29) is 11.1 Å². The summed E-state index contributed by atoms with van der Waals surface area (Å²) >= 11 is 7.79. The predicted octanol–water partition coefficient (Wildman–Crippen LogP) is 5.29. The molecule has 0 unspecified atom stereocenters. The van der Waals surface area contributed by atoms with Gasteiger partial charge < -0.3 is 9.88 Å². The van der Waals surface area contributed by atoms with Gasteiger partial charge in [0.1, 0.15) is 5.82 Å². The van der Waals surface area contributed by atoms with Gasteiger partial charge in [-0.1, -0.05) is 29.8 Å². The summed E-state index contributed by atoms with van der Waals surface area (Å²) in [5.41, 5.74) is 4.36. The number of halogens is 2. The molecule has 0 spiro atoms. The summed E-state index contributed by atoms with van der Waals surface area (Å²) in [7, 11) is 0. The SMILES string of the molecule is Cc1ncsc1CN(Cc1cc(=O)[nH]c2c(F)cccc12)c1cccc(Cl)c1. The monoisotopic (exact) mass is 413 g/mol. The number of benzene rings is 2. The summed E-state index contributed by atoms with van der Waals surface area (Å²) in [6.07, 6.45) is 0. The summed E-state index contributed by atoms with van der Waals surface area (Å²) in [5, 5.41) is 1.32. The molecule has 0 aliphatic heterocycles. The third kappa shape index (κ3) is 3.79. The lowest BCUT2D eigenvalue weighted by molar-refractivity contribution is 0.636. The van der Waals surface area contributed by atoms with E-state index in [0.29, 0.717) is 23.5 Å². The summed E-state index contributed by atoms with van der Waals surface area (Å²) in [5.74, 6) is -0.441. The van der Waals surface area contributed by atoms with E-state index in [1.807, 2.05) is 42.8 Å². The number of anilines is 1. The number of aromatic amines is 1. The highest BCUT2D eigenvalue weighted by Crippen LogP contribution is 2.27. The zero-order valence-corrected chi connectivity index (χ0v) is 16.6. The molecule has 0 bridgehead atoms. The first-order chi connectivity index (χ1) is 13.5. The van der Waals surface area contributed by atoms with E-state index in [1.165, 1.54) is 12.1 Å². The Morgan fingerprint density at radius 3 is 2.75 bits per heavy atom. The fraction of sp³-hybridized carbons (Fsp3) is 0.143. The number of H-pyrrole nitrogens is 1. The van der Waals surface area contributed by atoms with Crippen molar-refractivity contribution in [2.45, 2.75) is 20.0 Å². The number of nitrogens with one attached hydrogen (secondary N) is 1. The van der Waals surface area contributed by atoms with Crippen molar-refractivity contribution in [3.63, 3.8) is 0 Å². The van der Waals surface area contributed by atoms with Crippen molar-refractivity contribution in [2.75, 3.05) is 4.90 Å². The highest BCUT2D eigenvalue weighted by Gasteiger charge is 2.15. The Kier molecular flexibility index (Phi) is 5.15. The third-order valence-corrected chi connectivity index (χ3v) is 5.78. The number of thiazole rings is 1. The maximum absolute atomic E-state index is 14.2. The van der Waals surface area contributed by atoms with Crippen LogP contribution >= 0.6 is 22.9 Å². The van der Waals surface area contributed by atoms with Gasteiger partial charge in [0.25, 0.3) is 0 Å². The normalized spacial score (nSPS) is 11.1. The van der Waals surface area contributed by atoms with E-state index in [0.717, 1.165) is 21.8 Å². The molecule has 0 saturated carbocycles. The van der Waals surface area contributed by atoms with Crippen LogP contribution < -0.4 is 10.5 Å². The molecule has 4 nitrogen and oxygen atoms in total. The number of pyridine rings is 1. The van der Waals surface area contributed by atoms with E-state index < -0.39 is 5.82 Å². The maximum atomic E-state index is 14.2. The zero-order chi connectivity index (χ0) is 19.7. The van der Waals surface area contributed by atoms with Crippen LogP contribution in [-0.4, -0.2) is 9.97 Å². The van der Waals surface area contributed by atoms with Crippen LogP contribution in [0.2, 0.25) is 5.02 Å². The number of aryl methyl sites for hydroxylation is 1. The fourth-order valence-corrected chi connectivity index (χ4v) is 4.19. The van der Waals surface area contributed by atoms with Gasteiger partial charge in [-0.3, -0.25) is 4.79 Å². The standard InChI is InChI=1S/C21H17ClFN3OS/c1-13-19(28-12-24-13)11-26(16-5-2-4-15(22)9-16)10-14-8-20(27)25-21-17(14)6-3-7-18(21)23/h2-9,12H,10-11H2,1H3,(H,25,27). The van der Waals surface area contributed by atoms with E-state index in [4.69, 9.17) is 11.6 Å². The highest BCUT2D eigenvalue weighted by atomic mass is 35.5. The minimum atomic E-state index is -0.441. The lowest BCUT2D eigenvalue weighted by Gasteiger charge is -2.25. The van der Waals surface area contributed by atoms with Gasteiger partial charge in [-0.05, 0) is 36.8 Å². The Labute approximate surface area is 170 Å². The van der Waals surface area contributed by atoms with Crippen LogP contribution in [0, 0.1) is 12.7 Å². The van der Waals surface area contributed by atoms with Crippen molar-refractivity contribution in [3.8, 4) is 0 Å². The van der Waals surface area contributed by atoms with Gasteiger partial charge in [0.2, 0.25) is 5.56 Å².